The molecular formula is C10H10F3NO. The first-order chi connectivity index (χ1) is 6.96. The lowest BCUT2D eigenvalue weighted by atomic mass is 10.1. The molecule has 82 valence electrons. The Hall–Kier alpha value is -1.23. The molecular weight excluding hydrogens is 207 g/mol. The number of hydrogen-bond donors (Lipinski definition) is 1. The van der Waals surface area contributed by atoms with Gasteiger partial charge in [-0.3, -0.25) is 0 Å². The first-order valence-corrected chi connectivity index (χ1v) is 4.57. The minimum absolute atomic E-state index is 0.152. The number of alkyl halides is 3. The molecule has 0 saturated heterocycles. The van der Waals surface area contributed by atoms with Crippen molar-refractivity contribution in [3.63, 3.8) is 0 Å². The van der Waals surface area contributed by atoms with Crippen LogP contribution in [0.1, 0.15) is 17.9 Å². The minimum Gasteiger partial charge on any atom is -0.406 e. The predicted octanol–water partition coefficient (Wildman–Crippen LogP) is 2.40. The average molecular weight is 217 g/mol. The Morgan fingerprint density at radius 2 is 1.73 bits per heavy atom. The molecule has 1 saturated carbocycles. The summed E-state index contributed by atoms with van der Waals surface area (Å²) in [6.45, 7) is 0. The van der Waals surface area contributed by atoms with Crippen LogP contribution in [0.25, 0.3) is 0 Å². The summed E-state index contributed by atoms with van der Waals surface area (Å²) < 4.78 is 39.3. The van der Waals surface area contributed by atoms with Crippen molar-refractivity contribution in [1.29, 1.82) is 0 Å². The second-order valence-electron chi connectivity index (χ2n) is 3.62. The lowest BCUT2D eigenvalue weighted by Gasteiger charge is -2.08. The molecule has 0 spiro atoms. The number of ether oxygens (including phenoxy) is 1. The fraction of sp³-hybridized carbons (Fsp3) is 0.400. The molecule has 0 bridgehead atoms. The molecule has 0 heterocycles. The van der Waals surface area contributed by atoms with E-state index in [2.05, 4.69) is 4.74 Å². The third-order valence-electron chi connectivity index (χ3n) is 2.38. The van der Waals surface area contributed by atoms with Crippen LogP contribution in [0.5, 0.6) is 5.75 Å². The fourth-order valence-electron chi connectivity index (χ4n) is 1.51. The van der Waals surface area contributed by atoms with Crippen LogP contribution in [0, 0.1) is 0 Å². The molecule has 15 heavy (non-hydrogen) atoms. The fourth-order valence-corrected chi connectivity index (χ4v) is 1.51. The molecule has 2 nitrogen and oxygen atoms in total. The zero-order valence-electron chi connectivity index (χ0n) is 7.79. The summed E-state index contributed by atoms with van der Waals surface area (Å²) in [6.07, 6.45) is -3.73. The van der Waals surface area contributed by atoms with Gasteiger partial charge in [-0.05, 0) is 24.1 Å². The van der Waals surface area contributed by atoms with Crippen LogP contribution in [0.4, 0.5) is 13.2 Å². The molecule has 1 fully saturated rings. The highest BCUT2D eigenvalue weighted by atomic mass is 19.4. The summed E-state index contributed by atoms with van der Waals surface area (Å²) in [5.41, 5.74) is 6.60. The average Bonchev–Trinajstić information content (AvgIpc) is 2.81. The van der Waals surface area contributed by atoms with Gasteiger partial charge in [-0.2, -0.15) is 0 Å². The van der Waals surface area contributed by atoms with Crippen LogP contribution >= 0.6 is 0 Å². The van der Waals surface area contributed by atoms with Crippen LogP contribution < -0.4 is 10.5 Å². The van der Waals surface area contributed by atoms with Crippen LogP contribution in [0.2, 0.25) is 0 Å². The Labute approximate surface area is 84.8 Å². The van der Waals surface area contributed by atoms with Gasteiger partial charge in [-0.15, -0.1) is 13.2 Å². The van der Waals surface area contributed by atoms with E-state index in [1.54, 1.807) is 12.1 Å². The van der Waals surface area contributed by atoms with Gasteiger partial charge in [-0.25, -0.2) is 0 Å². The summed E-state index contributed by atoms with van der Waals surface area (Å²) in [6, 6.07) is 6.03. The summed E-state index contributed by atoms with van der Waals surface area (Å²) in [4.78, 5) is 0. The van der Waals surface area contributed by atoms with Crippen molar-refractivity contribution < 1.29 is 17.9 Å². The number of nitrogens with two attached hydrogens (primary N) is 1. The topological polar surface area (TPSA) is 35.2 Å². The van der Waals surface area contributed by atoms with Crippen molar-refractivity contribution in [1.82, 2.24) is 0 Å². The molecule has 0 aromatic heterocycles. The van der Waals surface area contributed by atoms with Crippen molar-refractivity contribution in [2.45, 2.75) is 24.7 Å². The minimum atomic E-state index is -4.63. The first kappa shape index (κ1) is 10.3. The molecule has 0 aliphatic heterocycles. The quantitative estimate of drug-likeness (QED) is 0.825. The molecule has 2 rings (SSSR count). The molecule has 1 aromatic carbocycles. The van der Waals surface area contributed by atoms with E-state index in [9.17, 15) is 13.2 Å². The van der Waals surface area contributed by atoms with Crippen molar-refractivity contribution in [2.24, 2.45) is 5.73 Å². The third-order valence-corrected chi connectivity index (χ3v) is 2.38. The van der Waals surface area contributed by atoms with E-state index in [1.807, 2.05) is 0 Å². The number of rotatable bonds is 2. The van der Waals surface area contributed by atoms with Crippen molar-refractivity contribution in [3.8, 4) is 5.75 Å². The highest BCUT2D eigenvalue weighted by Gasteiger charge is 2.35. The van der Waals surface area contributed by atoms with Gasteiger partial charge in [0.25, 0.3) is 0 Å². The van der Waals surface area contributed by atoms with E-state index < -0.39 is 6.36 Å². The predicted molar refractivity (Wildman–Crippen MR) is 48.5 cm³/mol. The molecule has 2 N–H and O–H groups in total. The van der Waals surface area contributed by atoms with Crippen LogP contribution in [0.15, 0.2) is 24.3 Å². The molecule has 0 amide bonds. The van der Waals surface area contributed by atoms with Gasteiger partial charge in [0.05, 0.1) is 0 Å². The Kier molecular flexibility index (Phi) is 2.34. The van der Waals surface area contributed by atoms with E-state index in [4.69, 9.17) is 5.73 Å². The van der Waals surface area contributed by atoms with Gasteiger partial charge >= 0.3 is 6.36 Å². The van der Waals surface area contributed by atoms with Gasteiger partial charge in [-0.1, -0.05) is 12.1 Å². The molecule has 0 radical (unpaired) electrons. The molecule has 2 atom stereocenters. The SMILES string of the molecule is N[C@H]1C[C@@H]1c1ccc(OC(F)(F)F)cc1. The second kappa shape index (κ2) is 3.41. The molecule has 0 unspecified atom stereocenters. The largest absolute Gasteiger partial charge is 0.573 e. The number of halogens is 3. The van der Waals surface area contributed by atoms with E-state index in [1.165, 1.54) is 12.1 Å². The van der Waals surface area contributed by atoms with Crippen LogP contribution in [0.3, 0.4) is 0 Å². The van der Waals surface area contributed by atoms with Gasteiger partial charge < -0.3 is 10.5 Å². The zero-order valence-corrected chi connectivity index (χ0v) is 7.79. The zero-order chi connectivity index (χ0) is 11.1. The highest BCUT2D eigenvalue weighted by molar-refractivity contribution is 5.33. The van der Waals surface area contributed by atoms with Gasteiger partial charge in [0.1, 0.15) is 5.75 Å². The molecule has 5 heteroatoms. The lowest BCUT2D eigenvalue weighted by Crippen LogP contribution is -2.17. The molecule has 1 aliphatic carbocycles. The van der Waals surface area contributed by atoms with E-state index >= 15 is 0 Å². The second-order valence-corrected chi connectivity index (χ2v) is 3.62. The highest BCUT2D eigenvalue weighted by Crippen LogP contribution is 2.39. The van der Waals surface area contributed by atoms with E-state index in [0.29, 0.717) is 5.92 Å². The van der Waals surface area contributed by atoms with Crippen LogP contribution in [-0.2, 0) is 0 Å². The number of hydrogen-bond acceptors (Lipinski definition) is 2. The summed E-state index contributed by atoms with van der Waals surface area (Å²) >= 11 is 0. The maximum atomic E-state index is 11.8. The van der Waals surface area contributed by atoms with Crippen molar-refractivity contribution >= 4 is 0 Å². The first-order valence-electron chi connectivity index (χ1n) is 4.57. The van der Waals surface area contributed by atoms with Gasteiger partial charge in [0, 0.05) is 12.0 Å². The Bertz CT molecular complexity index is 347. The van der Waals surface area contributed by atoms with Crippen LogP contribution in [-0.4, -0.2) is 12.4 Å². The Morgan fingerprint density at radius 1 is 1.20 bits per heavy atom. The summed E-state index contributed by atoms with van der Waals surface area (Å²) in [7, 11) is 0. The lowest BCUT2D eigenvalue weighted by molar-refractivity contribution is -0.274. The van der Waals surface area contributed by atoms with Gasteiger partial charge in [0.15, 0.2) is 0 Å². The van der Waals surface area contributed by atoms with E-state index in [-0.39, 0.29) is 11.8 Å². The number of benzene rings is 1. The summed E-state index contributed by atoms with van der Waals surface area (Å²) in [5.74, 6) is 0.102. The smallest absolute Gasteiger partial charge is 0.406 e. The van der Waals surface area contributed by atoms with E-state index in [0.717, 1.165) is 12.0 Å². The molecule has 1 aliphatic rings. The maximum Gasteiger partial charge on any atom is 0.573 e. The monoisotopic (exact) mass is 217 g/mol. The Balaban J connectivity index is 2.04. The maximum absolute atomic E-state index is 11.8. The van der Waals surface area contributed by atoms with Gasteiger partial charge in [0.2, 0.25) is 0 Å². The molecule has 1 aromatic rings. The third kappa shape index (κ3) is 2.62. The normalized spacial score (nSPS) is 25.1. The standard InChI is InChI=1S/C10H10F3NO/c11-10(12,13)15-7-3-1-6(2-4-7)8-5-9(8)14/h1-4,8-9H,5,14H2/t8-,9+/m1/s1. The van der Waals surface area contributed by atoms with Crippen molar-refractivity contribution in [2.75, 3.05) is 0 Å². The Morgan fingerprint density at radius 3 is 2.13 bits per heavy atom. The van der Waals surface area contributed by atoms with Crippen molar-refractivity contribution in [3.05, 3.63) is 29.8 Å². The summed E-state index contributed by atoms with van der Waals surface area (Å²) in [5, 5.41) is 0.